The van der Waals surface area contributed by atoms with Gasteiger partial charge in [-0.05, 0) is 26.0 Å². The maximum Gasteiger partial charge on any atom is 0.239 e. The van der Waals surface area contributed by atoms with E-state index in [9.17, 15) is 9.59 Å². The van der Waals surface area contributed by atoms with Crippen LogP contribution in [0.1, 0.15) is 20.3 Å². The molecule has 0 radical (unpaired) electrons. The number of likely N-dealkylation sites (N-methyl/N-ethyl adjacent to an activating group) is 1. The van der Waals surface area contributed by atoms with Gasteiger partial charge in [0.15, 0.2) is 0 Å². The van der Waals surface area contributed by atoms with Gasteiger partial charge in [0.2, 0.25) is 11.8 Å². The Morgan fingerprint density at radius 1 is 1.33 bits per heavy atom. The standard InChI is InChI=1S/C15H23N3O3/c1-11(2)17-14(19)10-18(3)15(20)8-9-21-13-7-5-4-6-12(13)16/h4-7,11H,8-10,16H2,1-3H3,(H,17,19). The van der Waals surface area contributed by atoms with Crippen LogP contribution in [0.2, 0.25) is 0 Å². The van der Waals surface area contributed by atoms with E-state index in [4.69, 9.17) is 10.5 Å². The largest absolute Gasteiger partial charge is 0.491 e. The van der Waals surface area contributed by atoms with Crippen LogP contribution in [0.5, 0.6) is 5.75 Å². The lowest BCUT2D eigenvalue weighted by Crippen LogP contribution is -2.41. The van der Waals surface area contributed by atoms with Gasteiger partial charge in [-0.2, -0.15) is 0 Å². The average molecular weight is 293 g/mol. The normalized spacial score (nSPS) is 10.3. The second kappa shape index (κ2) is 8.14. The molecule has 0 atom stereocenters. The average Bonchev–Trinajstić information content (AvgIpc) is 2.39. The molecule has 0 unspecified atom stereocenters. The third-order valence-electron chi connectivity index (χ3n) is 2.75. The van der Waals surface area contributed by atoms with E-state index in [0.717, 1.165) is 0 Å². The van der Waals surface area contributed by atoms with E-state index in [1.54, 1.807) is 19.2 Å². The maximum absolute atomic E-state index is 11.9. The first kappa shape index (κ1) is 16.8. The van der Waals surface area contributed by atoms with Gasteiger partial charge in [-0.15, -0.1) is 0 Å². The number of anilines is 1. The molecule has 21 heavy (non-hydrogen) atoms. The Labute approximate surface area is 125 Å². The van der Waals surface area contributed by atoms with Crippen LogP contribution >= 0.6 is 0 Å². The van der Waals surface area contributed by atoms with Gasteiger partial charge in [0, 0.05) is 13.1 Å². The molecule has 3 N–H and O–H groups in total. The number of benzene rings is 1. The molecular weight excluding hydrogens is 270 g/mol. The lowest BCUT2D eigenvalue weighted by atomic mass is 10.3. The summed E-state index contributed by atoms with van der Waals surface area (Å²) in [5.74, 6) is 0.239. The SMILES string of the molecule is CC(C)NC(=O)CN(C)C(=O)CCOc1ccccc1N. The second-order valence-corrected chi connectivity index (χ2v) is 5.11. The number of rotatable bonds is 7. The fourth-order valence-corrected chi connectivity index (χ4v) is 1.72. The lowest BCUT2D eigenvalue weighted by molar-refractivity contribution is -0.135. The van der Waals surface area contributed by atoms with Crippen LogP contribution in [0.4, 0.5) is 5.69 Å². The van der Waals surface area contributed by atoms with Crippen LogP contribution in [0, 0.1) is 0 Å². The van der Waals surface area contributed by atoms with E-state index in [0.29, 0.717) is 11.4 Å². The van der Waals surface area contributed by atoms with Crippen LogP contribution in [-0.4, -0.2) is 43.0 Å². The van der Waals surface area contributed by atoms with Crippen molar-refractivity contribution in [2.45, 2.75) is 26.3 Å². The summed E-state index contributed by atoms with van der Waals surface area (Å²) in [6.07, 6.45) is 0.194. The minimum Gasteiger partial charge on any atom is -0.491 e. The van der Waals surface area contributed by atoms with Crippen molar-refractivity contribution in [1.29, 1.82) is 0 Å². The molecule has 0 fully saturated rings. The number of nitrogen functional groups attached to an aromatic ring is 1. The Balaban J connectivity index is 2.33. The maximum atomic E-state index is 11.9. The molecule has 0 saturated heterocycles. The van der Waals surface area contributed by atoms with Gasteiger partial charge in [0.1, 0.15) is 5.75 Å². The van der Waals surface area contributed by atoms with Gasteiger partial charge < -0.3 is 20.7 Å². The first-order valence-corrected chi connectivity index (χ1v) is 6.90. The van der Waals surface area contributed by atoms with Gasteiger partial charge in [0.25, 0.3) is 0 Å². The quantitative estimate of drug-likeness (QED) is 0.735. The van der Waals surface area contributed by atoms with Crippen LogP contribution in [0.25, 0.3) is 0 Å². The highest BCUT2D eigenvalue weighted by molar-refractivity contribution is 5.84. The number of hydrogen-bond acceptors (Lipinski definition) is 4. The zero-order valence-corrected chi connectivity index (χ0v) is 12.8. The van der Waals surface area contributed by atoms with Crippen LogP contribution < -0.4 is 15.8 Å². The Morgan fingerprint density at radius 2 is 2.00 bits per heavy atom. The summed E-state index contributed by atoms with van der Waals surface area (Å²) in [6.45, 7) is 4.02. The van der Waals surface area contributed by atoms with Gasteiger partial charge in [-0.3, -0.25) is 9.59 Å². The molecule has 6 heteroatoms. The number of nitrogens with one attached hydrogen (secondary N) is 1. The molecule has 0 aliphatic rings. The third kappa shape index (κ3) is 6.16. The fourth-order valence-electron chi connectivity index (χ4n) is 1.72. The highest BCUT2D eigenvalue weighted by Crippen LogP contribution is 2.19. The highest BCUT2D eigenvalue weighted by Gasteiger charge is 2.13. The predicted octanol–water partition coefficient (Wildman–Crippen LogP) is 1.02. The molecule has 116 valence electrons. The molecule has 0 saturated carbocycles. The summed E-state index contributed by atoms with van der Waals surface area (Å²) in [4.78, 5) is 24.8. The molecule has 0 aliphatic heterocycles. The minimum absolute atomic E-state index is 0.0461. The lowest BCUT2D eigenvalue weighted by Gasteiger charge is -2.18. The molecule has 1 aromatic rings. The molecule has 0 bridgehead atoms. The molecule has 0 aliphatic carbocycles. The Morgan fingerprint density at radius 3 is 2.62 bits per heavy atom. The Kier molecular flexibility index (Phi) is 6.52. The summed E-state index contributed by atoms with van der Waals surface area (Å²) in [5, 5.41) is 2.74. The van der Waals surface area contributed by atoms with E-state index >= 15 is 0 Å². The van der Waals surface area contributed by atoms with Gasteiger partial charge in [-0.1, -0.05) is 12.1 Å². The van der Waals surface area contributed by atoms with Crippen molar-refractivity contribution in [1.82, 2.24) is 10.2 Å². The Bertz CT molecular complexity index is 489. The van der Waals surface area contributed by atoms with Crippen molar-refractivity contribution in [3.63, 3.8) is 0 Å². The molecule has 0 heterocycles. The number of nitrogens with zero attached hydrogens (tertiary/aromatic N) is 1. The number of carbonyl (C=O) groups excluding carboxylic acids is 2. The number of carbonyl (C=O) groups is 2. The first-order chi connectivity index (χ1) is 9.90. The van der Waals surface area contributed by atoms with Crippen molar-refractivity contribution < 1.29 is 14.3 Å². The Hall–Kier alpha value is -2.24. The van der Waals surface area contributed by atoms with Gasteiger partial charge in [-0.25, -0.2) is 0 Å². The van der Waals surface area contributed by atoms with Crippen molar-refractivity contribution in [3.05, 3.63) is 24.3 Å². The number of hydrogen-bond donors (Lipinski definition) is 2. The fraction of sp³-hybridized carbons (Fsp3) is 0.467. The summed E-state index contributed by atoms with van der Waals surface area (Å²) in [5.41, 5.74) is 6.27. The highest BCUT2D eigenvalue weighted by atomic mass is 16.5. The smallest absolute Gasteiger partial charge is 0.239 e. The number of ether oxygens (including phenoxy) is 1. The molecule has 0 aromatic heterocycles. The molecule has 1 aromatic carbocycles. The van der Waals surface area contributed by atoms with Crippen LogP contribution in [0.15, 0.2) is 24.3 Å². The number of amides is 2. The number of nitrogens with two attached hydrogens (primary N) is 1. The molecule has 6 nitrogen and oxygen atoms in total. The monoisotopic (exact) mass is 293 g/mol. The zero-order chi connectivity index (χ0) is 15.8. The summed E-state index contributed by atoms with van der Waals surface area (Å²) >= 11 is 0. The van der Waals surface area contributed by atoms with Gasteiger partial charge >= 0.3 is 0 Å². The van der Waals surface area contributed by atoms with Gasteiger partial charge in [0.05, 0.1) is 25.3 Å². The van der Waals surface area contributed by atoms with Crippen molar-refractivity contribution >= 4 is 17.5 Å². The van der Waals surface area contributed by atoms with Crippen molar-refractivity contribution in [2.75, 3.05) is 25.9 Å². The van der Waals surface area contributed by atoms with Crippen LogP contribution in [-0.2, 0) is 9.59 Å². The summed E-state index contributed by atoms with van der Waals surface area (Å²) in [6, 6.07) is 7.18. The predicted molar refractivity (Wildman–Crippen MR) is 81.9 cm³/mol. The minimum atomic E-state index is -0.172. The third-order valence-corrected chi connectivity index (χ3v) is 2.75. The van der Waals surface area contributed by atoms with E-state index in [2.05, 4.69) is 5.32 Å². The summed E-state index contributed by atoms with van der Waals surface area (Å²) < 4.78 is 5.45. The second-order valence-electron chi connectivity index (χ2n) is 5.11. The number of para-hydroxylation sites is 2. The van der Waals surface area contributed by atoms with E-state index in [1.807, 2.05) is 26.0 Å². The van der Waals surface area contributed by atoms with Crippen LogP contribution in [0.3, 0.4) is 0 Å². The van der Waals surface area contributed by atoms with E-state index in [-0.39, 0.29) is 37.4 Å². The first-order valence-electron chi connectivity index (χ1n) is 6.90. The summed E-state index contributed by atoms with van der Waals surface area (Å²) in [7, 11) is 1.60. The van der Waals surface area contributed by atoms with Crippen molar-refractivity contribution in [2.24, 2.45) is 0 Å². The molecule has 2 amide bonds. The topological polar surface area (TPSA) is 84.7 Å². The zero-order valence-electron chi connectivity index (χ0n) is 12.8. The molecule has 1 rings (SSSR count). The van der Waals surface area contributed by atoms with Crippen molar-refractivity contribution in [3.8, 4) is 5.75 Å². The van der Waals surface area contributed by atoms with E-state index < -0.39 is 0 Å². The molecule has 0 spiro atoms. The van der Waals surface area contributed by atoms with E-state index in [1.165, 1.54) is 4.90 Å². The molecular formula is C15H23N3O3.